The predicted octanol–water partition coefficient (Wildman–Crippen LogP) is 4.05. The molecule has 0 unspecified atom stereocenters. The molecule has 33 heavy (non-hydrogen) atoms. The fraction of sp³-hybridized carbons (Fsp3) is 0.200. The summed E-state index contributed by atoms with van der Waals surface area (Å²) in [5, 5.41) is 7.66. The molecule has 0 saturated carbocycles. The Kier molecular flexibility index (Phi) is 7.84. The van der Waals surface area contributed by atoms with Crippen LogP contribution in [-0.4, -0.2) is 27.3 Å². The van der Waals surface area contributed by atoms with E-state index in [1.54, 1.807) is 48.5 Å². The number of amidine groups is 1. The largest absolute Gasteiger partial charge is 0.469 e. The minimum atomic E-state index is -3.64. The molecule has 0 spiro atoms. The van der Waals surface area contributed by atoms with Crippen LogP contribution in [0.2, 0.25) is 0 Å². The molecule has 0 aliphatic heterocycles. The minimum Gasteiger partial charge on any atom is -0.469 e. The van der Waals surface area contributed by atoms with Crippen LogP contribution in [0.5, 0.6) is 0 Å². The van der Waals surface area contributed by atoms with Crippen LogP contribution in [0.1, 0.15) is 35.4 Å². The first-order valence-electron chi connectivity index (χ1n) is 10.5. The molecule has 3 aromatic carbocycles. The molecule has 3 rings (SSSR count). The number of hydrogen-bond acceptors (Lipinski definition) is 5. The van der Waals surface area contributed by atoms with E-state index in [1.807, 2.05) is 30.3 Å². The van der Waals surface area contributed by atoms with Gasteiger partial charge in [0.1, 0.15) is 5.84 Å². The number of ether oxygens (including phenoxy) is 1. The van der Waals surface area contributed by atoms with Crippen molar-refractivity contribution in [2.45, 2.75) is 30.1 Å². The summed E-state index contributed by atoms with van der Waals surface area (Å²) >= 11 is 0. The zero-order valence-electron chi connectivity index (χ0n) is 18.3. The third-order valence-corrected chi connectivity index (χ3v) is 6.75. The number of nitrogen functional groups attached to an aromatic ring is 1. The van der Waals surface area contributed by atoms with Crippen LogP contribution in [0.4, 0.5) is 5.69 Å². The SMILES string of the molecule is COC(=O)C[C@@H](CCc1ccc(NS(=O)(=O)c2ccccc2)cc1)c1cccc(C(=N)N)c1. The van der Waals surface area contributed by atoms with Crippen LogP contribution < -0.4 is 10.5 Å². The van der Waals surface area contributed by atoms with E-state index < -0.39 is 10.0 Å². The molecular formula is C25H27N3O4S. The van der Waals surface area contributed by atoms with E-state index in [4.69, 9.17) is 15.9 Å². The lowest BCUT2D eigenvalue weighted by atomic mass is 9.88. The van der Waals surface area contributed by atoms with Gasteiger partial charge in [-0.2, -0.15) is 0 Å². The van der Waals surface area contributed by atoms with Crippen LogP contribution in [-0.2, 0) is 26.0 Å². The summed E-state index contributed by atoms with van der Waals surface area (Å²) in [6.07, 6.45) is 1.57. The number of sulfonamides is 1. The van der Waals surface area contributed by atoms with Gasteiger partial charge in [-0.25, -0.2) is 8.42 Å². The highest BCUT2D eigenvalue weighted by Crippen LogP contribution is 2.27. The Hall–Kier alpha value is -3.65. The van der Waals surface area contributed by atoms with Crippen LogP contribution >= 0.6 is 0 Å². The summed E-state index contributed by atoms with van der Waals surface area (Å²) in [7, 11) is -2.28. The van der Waals surface area contributed by atoms with Crippen LogP contribution in [0, 0.1) is 5.41 Å². The monoisotopic (exact) mass is 465 g/mol. The first kappa shape index (κ1) is 24.0. The van der Waals surface area contributed by atoms with E-state index in [2.05, 4.69) is 4.72 Å². The van der Waals surface area contributed by atoms with Crippen molar-refractivity contribution in [1.29, 1.82) is 5.41 Å². The van der Waals surface area contributed by atoms with Crippen LogP contribution in [0.25, 0.3) is 0 Å². The summed E-state index contributed by atoms with van der Waals surface area (Å²) in [6.45, 7) is 0. The lowest BCUT2D eigenvalue weighted by molar-refractivity contribution is -0.141. The zero-order chi connectivity index (χ0) is 23.8. The maximum absolute atomic E-state index is 12.5. The van der Waals surface area contributed by atoms with E-state index >= 15 is 0 Å². The maximum atomic E-state index is 12.5. The number of nitrogens with one attached hydrogen (secondary N) is 2. The second kappa shape index (κ2) is 10.8. The summed E-state index contributed by atoms with van der Waals surface area (Å²) in [6, 6.07) is 22.7. The molecular weight excluding hydrogens is 438 g/mol. The third-order valence-electron chi connectivity index (χ3n) is 5.35. The zero-order valence-corrected chi connectivity index (χ0v) is 19.1. The summed E-state index contributed by atoms with van der Waals surface area (Å²) in [5.74, 6) is -0.436. The Morgan fingerprint density at radius 3 is 2.36 bits per heavy atom. The number of benzene rings is 3. The average molecular weight is 466 g/mol. The first-order valence-corrected chi connectivity index (χ1v) is 11.9. The Labute approximate surface area is 194 Å². The highest BCUT2D eigenvalue weighted by molar-refractivity contribution is 7.92. The highest BCUT2D eigenvalue weighted by atomic mass is 32.2. The topological polar surface area (TPSA) is 122 Å². The van der Waals surface area contributed by atoms with Crippen molar-refractivity contribution in [3.05, 3.63) is 95.6 Å². The van der Waals surface area contributed by atoms with Gasteiger partial charge in [0.2, 0.25) is 0 Å². The van der Waals surface area contributed by atoms with Gasteiger partial charge in [-0.15, -0.1) is 0 Å². The number of carbonyl (C=O) groups excluding carboxylic acids is 1. The number of carbonyl (C=O) groups is 1. The molecule has 0 fully saturated rings. The van der Waals surface area contributed by atoms with Gasteiger partial charge in [0.05, 0.1) is 18.4 Å². The molecule has 172 valence electrons. The second-order valence-corrected chi connectivity index (χ2v) is 9.35. The number of anilines is 1. The van der Waals surface area contributed by atoms with Gasteiger partial charge in [0.25, 0.3) is 10.0 Å². The molecule has 0 aliphatic rings. The van der Waals surface area contributed by atoms with Crippen molar-refractivity contribution in [2.75, 3.05) is 11.8 Å². The second-order valence-electron chi connectivity index (χ2n) is 7.67. The smallest absolute Gasteiger partial charge is 0.306 e. The Bertz CT molecular complexity index is 1210. The van der Waals surface area contributed by atoms with E-state index in [0.717, 1.165) is 11.1 Å². The minimum absolute atomic E-state index is 0.0257. The molecule has 0 aromatic heterocycles. The van der Waals surface area contributed by atoms with Crippen LogP contribution in [0.15, 0.2) is 83.8 Å². The molecule has 0 radical (unpaired) electrons. The quantitative estimate of drug-likeness (QED) is 0.237. The lowest BCUT2D eigenvalue weighted by Crippen LogP contribution is -2.14. The van der Waals surface area contributed by atoms with Gasteiger partial charge >= 0.3 is 5.97 Å². The molecule has 0 bridgehead atoms. The molecule has 0 amide bonds. The van der Waals surface area contributed by atoms with Crippen LogP contribution in [0.3, 0.4) is 0 Å². The average Bonchev–Trinajstić information content (AvgIpc) is 2.83. The molecule has 4 N–H and O–H groups in total. The summed E-state index contributed by atoms with van der Waals surface area (Å²) in [4.78, 5) is 12.2. The number of methoxy groups -OCH3 is 1. The predicted molar refractivity (Wildman–Crippen MR) is 129 cm³/mol. The molecule has 0 saturated heterocycles. The first-order chi connectivity index (χ1) is 15.8. The molecule has 3 aromatic rings. The van der Waals surface area contributed by atoms with Gasteiger partial charge < -0.3 is 10.5 Å². The number of aryl methyl sites for hydroxylation is 1. The molecule has 0 heterocycles. The van der Waals surface area contributed by atoms with E-state index in [0.29, 0.717) is 24.1 Å². The number of rotatable bonds is 10. The van der Waals surface area contributed by atoms with Gasteiger partial charge in [-0.3, -0.25) is 14.9 Å². The van der Waals surface area contributed by atoms with Gasteiger partial charge in [-0.05, 0) is 60.2 Å². The fourth-order valence-corrected chi connectivity index (χ4v) is 4.60. The summed E-state index contributed by atoms with van der Waals surface area (Å²) in [5.41, 5.74) is 8.62. The maximum Gasteiger partial charge on any atom is 0.306 e. The number of nitrogens with two attached hydrogens (primary N) is 1. The Morgan fingerprint density at radius 1 is 1.03 bits per heavy atom. The van der Waals surface area contributed by atoms with E-state index in [-0.39, 0.29) is 29.0 Å². The molecule has 1 atom stereocenters. The third kappa shape index (κ3) is 6.66. The standard InChI is InChI=1S/C25H27N3O4S/c1-32-24(29)17-20(19-6-5-7-21(16-19)25(26)27)13-10-18-11-14-22(15-12-18)28-33(30,31)23-8-3-2-4-9-23/h2-9,11-12,14-16,20,28H,10,13,17H2,1H3,(H3,26,27)/t20-/m1/s1. The van der Waals surface area contributed by atoms with Crippen molar-refractivity contribution in [3.8, 4) is 0 Å². The lowest BCUT2D eigenvalue weighted by Gasteiger charge is -2.17. The Morgan fingerprint density at radius 2 is 1.73 bits per heavy atom. The molecule has 0 aliphatic carbocycles. The van der Waals surface area contributed by atoms with Crippen molar-refractivity contribution >= 4 is 27.5 Å². The normalized spacial score (nSPS) is 12.0. The van der Waals surface area contributed by atoms with E-state index in [1.165, 1.54) is 7.11 Å². The Balaban J connectivity index is 1.70. The molecule has 7 nitrogen and oxygen atoms in total. The van der Waals surface area contributed by atoms with Crippen molar-refractivity contribution in [2.24, 2.45) is 5.73 Å². The summed E-state index contributed by atoms with van der Waals surface area (Å²) < 4.78 is 32.4. The van der Waals surface area contributed by atoms with Crippen molar-refractivity contribution < 1.29 is 17.9 Å². The van der Waals surface area contributed by atoms with E-state index in [9.17, 15) is 13.2 Å². The number of hydrogen-bond donors (Lipinski definition) is 3. The van der Waals surface area contributed by atoms with Crippen molar-refractivity contribution in [1.82, 2.24) is 0 Å². The van der Waals surface area contributed by atoms with Gasteiger partial charge in [-0.1, -0.05) is 48.5 Å². The number of esters is 1. The fourth-order valence-electron chi connectivity index (χ4n) is 3.53. The van der Waals surface area contributed by atoms with Gasteiger partial charge in [0, 0.05) is 11.3 Å². The highest BCUT2D eigenvalue weighted by Gasteiger charge is 2.18. The van der Waals surface area contributed by atoms with Crippen molar-refractivity contribution in [3.63, 3.8) is 0 Å². The van der Waals surface area contributed by atoms with Gasteiger partial charge in [0.15, 0.2) is 0 Å². The molecule has 8 heteroatoms.